The van der Waals surface area contributed by atoms with Crippen molar-refractivity contribution in [1.82, 2.24) is 14.9 Å². The molecule has 1 aliphatic heterocycles. The number of nitrogens with zero attached hydrogens (tertiary/aromatic N) is 3. The minimum absolute atomic E-state index is 0.0984. The van der Waals surface area contributed by atoms with Crippen LogP contribution in [0.5, 0.6) is 0 Å². The Morgan fingerprint density at radius 3 is 2.68 bits per heavy atom. The molecule has 2 atom stereocenters. The van der Waals surface area contributed by atoms with Gasteiger partial charge in [0.15, 0.2) is 5.82 Å². The van der Waals surface area contributed by atoms with Crippen molar-refractivity contribution in [3.8, 4) is 0 Å². The number of fused-ring (bicyclic) bond motifs is 1. The molecule has 1 aliphatic rings. The number of halogens is 1. The molecule has 0 fully saturated rings. The highest BCUT2D eigenvalue weighted by Gasteiger charge is 2.37. The molecule has 0 spiro atoms. The van der Waals surface area contributed by atoms with Gasteiger partial charge in [0.1, 0.15) is 5.25 Å². The molecular weight excluding hydrogens is 430 g/mol. The molecule has 0 radical (unpaired) electrons. The van der Waals surface area contributed by atoms with Gasteiger partial charge < -0.3 is 10.7 Å². The molecule has 8 heteroatoms. The van der Waals surface area contributed by atoms with Crippen molar-refractivity contribution in [3.05, 3.63) is 70.0 Å². The Balaban J connectivity index is 1.67. The molecule has 0 aliphatic carbocycles. The van der Waals surface area contributed by atoms with Crippen molar-refractivity contribution >= 4 is 35.0 Å². The second kappa shape index (κ2) is 9.32. The number of aromatic nitrogens is 3. The van der Waals surface area contributed by atoms with Gasteiger partial charge in [0.05, 0.1) is 6.04 Å². The first-order valence-corrected chi connectivity index (χ1v) is 11.8. The van der Waals surface area contributed by atoms with E-state index in [1.807, 2.05) is 23.7 Å². The minimum Gasteiger partial charge on any atom is -0.325 e. The van der Waals surface area contributed by atoms with Crippen LogP contribution in [0.25, 0.3) is 0 Å². The Bertz CT molecular complexity index is 1080. The highest BCUT2D eigenvalue weighted by molar-refractivity contribution is 8.00. The third kappa shape index (κ3) is 4.57. The third-order valence-electron chi connectivity index (χ3n) is 5.44. The number of carbonyl (C=O) groups is 1. The molecule has 1 amide bonds. The number of rotatable bonds is 6. The number of nitrogens with one attached hydrogen (secondary N) is 2. The summed E-state index contributed by atoms with van der Waals surface area (Å²) in [5, 5.41) is 12.6. The average Bonchev–Trinajstić information content (AvgIpc) is 3.17. The van der Waals surface area contributed by atoms with Crippen molar-refractivity contribution in [2.24, 2.45) is 0 Å². The van der Waals surface area contributed by atoms with Crippen LogP contribution in [-0.2, 0) is 17.6 Å². The van der Waals surface area contributed by atoms with Crippen LogP contribution in [0.4, 0.5) is 5.69 Å². The first kappa shape index (κ1) is 21.7. The summed E-state index contributed by atoms with van der Waals surface area (Å²) in [4.78, 5) is 13.4. The zero-order chi connectivity index (χ0) is 22.0. The summed E-state index contributed by atoms with van der Waals surface area (Å²) in [6.45, 7) is 6.20. The van der Waals surface area contributed by atoms with E-state index in [2.05, 4.69) is 59.1 Å². The fourth-order valence-electron chi connectivity index (χ4n) is 3.63. The maximum atomic E-state index is 13.4. The highest BCUT2D eigenvalue weighted by atomic mass is 35.5. The van der Waals surface area contributed by atoms with Crippen LogP contribution in [-0.4, -0.2) is 26.0 Å². The van der Waals surface area contributed by atoms with Crippen LogP contribution in [0.2, 0.25) is 5.02 Å². The standard InChI is InChI=1S/C23H26ClN5OS/c1-4-6-19-26-27-23-29(19)28-20(16-10-8-15(5-2)9-11-16)21(31-23)22(30)25-18-13-17(24)12-7-14(18)3/h7-13,20-21,28H,4-6H2,1-3H3,(H,25,30)/t20-,21-/m1/s1. The van der Waals surface area contributed by atoms with Gasteiger partial charge in [0, 0.05) is 17.1 Å². The molecule has 162 valence electrons. The fourth-order valence-corrected chi connectivity index (χ4v) is 4.90. The molecule has 31 heavy (non-hydrogen) atoms. The lowest BCUT2D eigenvalue weighted by atomic mass is 10.0. The Labute approximate surface area is 191 Å². The summed E-state index contributed by atoms with van der Waals surface area (Å²) in [5.74, 6) is 0.781. The van der Waals surface area contributed by atoms with E-state index in [0.717, 1.165) is 41.9 Å². The largest absolute Gasteiger partial charge is 0.325 e. The topological polar surface area (TPSA) is 71.8 Å². The van der Waals surface area contributed by atoms with Gasteiger partial charge in [-0.1, -0.05) is 67.5 Å². The van der Waals surface area contributed by atoms with Gasteiger partial charge >= 0.3 is 0 Å². The molecule has 0 saturated heterocycles. The van der Waals surface area contributed by atoms with Crippen LogP contribution < -0.4 is 10.7 Å². The van der Waals surface area contributed by atoms with Crippen molar-refractivity contribution < 1.29 is 4.79 Å². The molecule has 2 heterocycles. The molecule has 6 nitrogen and oxygen atoms in total. The molecule has 4 rings (SSSR count). The van der Waals surface area contributed by atoms with E-state index < -0.39 is 5.25 Å². The van der Waals surface area contributed by atoms with Gasteiger partial charge in [0.2, 0.25) is 11.1 Å². The first-order valence-electron chi connectivity index (χ1n) is 10.5. The van der Waals surface area contributed by atoms with Crippen molar-refractivity contribution in [3.63, 3.8) is 0 Å². The zero-order valence-corrected chi connectivity index (χ0v) is 19.4. The molecule has 0 unspecified atom stereocenters. The van der Waals surface area contributed by atoms with Crippen LogP contribution in [0.1, 0.15) is 48.8 Å². The smallest absolute Gasteiger partial charge is 0.240 e. The predicted octanol–water partition coefficient (Wildman–Crippen LogP) is 5.15. The highest BCUT2D eigenvalue weighted by Crippen LogP contribution is 2.38. The Morgan fingerprint density at radius 2 is 1.97 bits per heavy atom. The van der Waals surface area contributed by atoms with Crippen molar-refractivity contribution in [2.75, 3.05) is 10.7 Å². The van der Waals surface area contributed by atoms with Gasteiger partial charge in [-0.2, -0.15) is 0 Å². The van der Waals surface area contributed by atoms with Gasteiger partial charge in [-0.05, 0) is 48.6 Å². The first-order chi connectivity index (χ1) is 15.0. The molecule has 2 N–H and O–H groups in total. The van der Waals surface area contributed by atoms with Crippen LogP contribution in [0.3, 0.4) is 0 Å². The lowest BCUT2D eigenvalue weighted by Crippen LogP contribution is -2.41. The number of benzene rings is 2. The number of amides is 1. The SMILES string of the molecule is CCCc1nnc2n1N[C@H](c1ccc(CC)cc1)[C@H](C(=O)Nc1cc(Cl)ccc1C)S2. The molecule has 0 saturated carbocycles. The third-order valence-corrected chi connectivity index (χ3v) is 6.89. The summed E-state index contributed by atoms with van der Waals surface area (Å²) in [5.41, 5.74) is 7.51. The van der Waals surface area contributed by atoms with E-state index in [-0.39, 0.29) is 11.9 Å². The summed E-state index contributed by atoms with van der Waals surface area (Å²) >= 11 is 7.58. The normalized spacial score (nSPS) is 17.7. The zero-order valence-electron chi connectivity index (χ0n) is 17.9. The number of carbonyl (C=O) groups excluding carboxylic acids is 1. The second-order valence-electron chi connectivity index (χ2n) is 7.67. The van der Waals surface area contributed by atoms with E-state index in [1.54, 1.807) is 6.07 Å². The van der Waals surface area contributed by atoms with Gasteiger partial charge in [-0.15, -0.1) is 10.2 Å². The van der Waals surface area contributed by atoms with E-state index in [0.29, 0.717) is 10.2 Å². The number of aryl methyl sites for hydroxylation is 3. The van der Waals surface area contributed by atoms with Crippen molar-refractivity contribution in [1.29, 1.82) is 0 Å². The van der Waals surface area contributed by atoms with Crippen LogP contribution in [0, 0.1) is 6.92 Å². The Hall–Kier alpha value is -2.51. The quantitative estimate of drug-likeness (QED) is 0.537. The Kier molecular flexibility index (Phi) is 6.53. The lowest BCUT2D eigenvalue weighted by Gasteiger charge is -2.33. The summed E-state index contributed by atoms with van der Waals surface area (Å²) in [6.07, 6.45) is 2.76. The average molecular weight is 456 g/mol. The van der Waals surface area contributed by atoms with E-state index in [4.69, 9.17) is 11.6 Å². The van der Waals surface area contributed by atoms with Gasteiger partial charge in [0.25, 0.3) is 0 Å². The number of hydrogen-bond donors (Lipinski definition) is 2. The minimum atomic E-state index is -0.419. The number of hydrogen-bond acceptors (Lipinski definition) is 5. The predicted molar refractivity (Wildman–Crippen MR) is 126 cm³/mol. The van der Waals surface area contributed by atoms with Gasteiger partial charge in [-0.25, -0.2) is 4.68 Å². The number of thioether (sulfide) groups is 1. The van der Waals surface area contributed by atoms with Crippen molar-refractivity contribution in [2.45, 2.75) is 56.5 Å². The lowest BCUT2D eigenvalue weighted by molar-refractivity contribution is -0.116. The summed E-state index contributed by atoms with van der Waals surface area (Å²) < 4.78 is 1.93. The van der Waals surface area contributed by atoms with E-state index >= 15 is 0 Å². The molecule has 1 aromatic heterocycles. The monoisotopic (exact) mass is 455 g/mol. The molecule has 0 bridgehead atoms. The maximum absolute atomic E-state index is 13.4. The second-order valence-corrected chi connectivity index (χ2v) is 9.22. The number of anilines is 1. The molecule has 2 aromatic carbocycles. The summed E-state index contributed by atoms with van der Waals surface area (Å²) in [7, 11) is 0. The van der Waals surface area contributed by atoms with Crippen LogP contribution >= 0.6 is 23.4 Å². The molecule has 3 aromatic rings. The van der Waals surface area contributed by atoms with E-state index in [1.165, 1.54) is 17.3 Å². The summed E-state index contributed by atoms with van der Waals surface area (Å²) in [6, 6.07) is 13.7. The van der Waals surface area contributed by atoms with Crippen LogP contribution in [0.15, 0.2) is 47.6 Å². The molecular formula is C23H26ClN5OS. The fraction of sp³-hybridized carbons (Fsp3) is 0.348. The Morgan fingerprint density at radius 1 is 1.19 bits per heavy atom. The van der Waals surface area contributed by atoms with Gasteiger partial charge in [-0.3, -0.25) is 4.79 Å². The maximum Gasteiger partial charge on any atom is 0.240 e. The van der Waals surface area contributed by atoms with E-state index in [9.17, 15) is 4.79 Å².